The third-order valence-electron chi connectivity index (χ3n) is 2.64. The van der Waals surface area contributed by atoms with Gasteiger partial charge in [0.15, 0.2) is 5.65 Å². The zero-order valence-electron chi connectivity index (χ0n) is 8.60. The minimum atomic E-state index is -0.313. The van der Waals surface area contributed by atoms with Crippen LogP contribution in [0, 0.1) is 5.82 Å². The minimum absolute atomic E-state index is 0.313. The Hall–Kier alpha value is -1.91. The molecule has 2 heterocycles. The molecule has 0 spiro atoms. The molecule has 16 heavy (non-hydrogen) atoms. The van der Waals surface area contributed by atoms with Crippen LogP contribution in [0.1, 0.15) is 12.8 Å². The van der Waals surface area contributed by atoms with E-state index < -0.39 is 0 Å². The Morgan fingerprint density at radius 3 is 2.94 bits per heavy atom. The van der Waals surface area contributed by atoms with Crippen molar-refractivity contribution in [3.63, 3.8) is 0 Å². The number of pyridine rings is 1. The van der Waals surface area contributed by atoms with Crippen LogP contribution in [-0.4, -0.2) is 20.6 Å². The van der Waals surface area contributed by atoms with Crippen LogP contribution in [0.4, 0.5) is 10.3 Å². The van der Waals surface area contributed by atoms with Gasteiger partial charge in [0.2, 0.25) is 5.95 Å². The molecule has 5 heteroatoms. The van der Waals surface area contributed by atoms with Crippen molar-refractivity contribution in [2.45, 2.75) is 18.9 Å². The molecule has 0 radical (unpaired) electrons. The molecule has 0 amide bonds. The number of aromatic nitrogens is 3. The number of hydrogen-bond acceptors (Lipinski definition) is 3. The van der Waals surface area contributed by atoms with Gasteiger partial charge in [0.25, 0.3) is 0 Å². The first-order valence-corrected chi connectivity index (χ1v) is 5.25. The third-order valence-corrected chi connectivity index (χ3v) is 2.64. The van der Waals surface area contributed by atoms with Crippen molar-refractivity contribution in [3.8, 4) is 0 Å². The molecule has 2 aromatic rings. The van der Waals surface area contributed by atoms with Crippen LogP contribution in [0.3, 0.4) is 0 Å². The van der Waals surface area contributed by atoms with Gasteiger partial charge in [-0.3, -0.25) is 0 Å². The highest BCUT2D eigenvalue weighted by atomic mass is 19.1. The summed E-state index contributed by atoms with van der Waals surface area (Å²) in [6.07, 6.45) is 7.56. The van der Waals surface area contributed by atoms with Crippen LogP contribution in [0.2, 0.25) is 0 Å². The Morgan fingerprint density at radius 1 is 1.31 bits per heavy atom. The van der Waals surface area contributed by atoms with Crippen molar-refractivity contribution in [1.82, 2.24) is 14.6 Å². The second kappa shape index (κ2) is 3.59. The quantitative estimate of drug-likeness (QED) is 0.784. The van der Waals surface area contributed by atoms with E-state index in [1.54, 1.807) is 6.07 Å². The van der Waals surface area contributed by atoms with E-state index in [0.717, 1.165) is 12.8 Å². The summed E-state index contributed by atoms with van der Waals surface area (Å²) in [5.41, 5.74) is 0.648. The third kappa shape index (κ3) is 1.64. The lowest BCUT2D eigenvalue weighted by atomic mass is 10.2. The highest BCUT2D eigenvalue weighted by Crippen LogP contribution is 2.15. The van der Waals surface area contributed by atoms with Gasteiger partial charge in [0.05, 0.1) is 6.20 Å². The average molecular weight is 218 g/mol. The maximum absolute atomic E-state index is 12.9. The molecule has 82 valence electrons. The number of fused-ring (bicyclic) bond motifs is 1. The van der Waals surface area contributed by atoms with E-state index in [9.17, 15) is 4.39 Å². The number of anilines is 1. The molecule has 1 aliphatic carbocycles. The van der Waals surface area contributed by atoms with E-state index in [0.29, 0.717) is 17.6 Å². The van der Waals surface area contributed by atoms with Gasteiger partial charge in [0.1, 0.15) is 5.82 Å². The van der Waals surface area contributed by atoms with Crippen molar-refractivity contribution in [2.24, 2.45) is 0 Å². The molecule has 0 saturated heterocycles. The molecule has 3 rings (SSSR count). The normalized spacial score (nSPS) is 16.1. The van der Waals surface area contributed by atoms with E-state index in [-0.39, 0.29) is 5.82 Å². The van der Waals surface area contributed by atoms with Crippen LogP contribution >= 0.6 is 0 Å². The van der Waals surface area contributed by atoms with Crippen molar-refractivity contribution in [1.29, 1.82) is 0 Å². The zero-order chi connectivity index (χ0) is 11.0. The number of nitrogens with zero attached hydrogens (tertiary/aromatic N) is 3. The standard InChI is InChI=1S/C11H11FN4/c12-8-5-6-10-14-11(15-16(10)7-8)13-9-3-1-2-4-9/h1-2,5-7,9H,3-4H2,(H,13,15). The SMILES string of the molecule is Fc1ccc2nc(NC3CC=CC3)nn2c1. The Kier molecular flexibility index (Phi) is 2.09. The van der Waals surface area contributed by atoms with Gasteiger partial charge in [-0.15, -0.1) is 5.10 Å². The fourth-order valence-electron chi connectivity index (χ4n) is 1.84. The average Bonchev–Trinajstić information content (AvgIpc) is 2.86. The van der Waals surface area contributed by atoms with Gasteiger partial charge >= 0.3 is 0 Å². The van der Waals surface area contributed by atoms with Crippen molar-refractivity contribution < 1.29 is 4.39 Å². The smallest absolute Gasteiger partial charge is 0.243 e. The summed E-state index contributed by atoms with van der Waals surface area (Å²) in [4.78, 5) is 4.26. The summed E-state index contributed by atoms with van der Waals surface area (Å²) >= 11 is 0. The van der Waals surface area contributed by atoms with E-state index >= 15 is 0 Å². The Balaban J connectivity index is 1.87. The molecule has 0 aromatic carbocycles. The molecule has 0 saturated carbocycles. The Labute approximate surface area is 91.8 Å². The number of nitrogens with one attached hydrogen (secondary N) is 1. The lowest BCUT2D eigenvalue weighted by molar-refractivity contribution is 0.614. The topological polar surface area (TPSA) is 42.2 Å². The molecule has 4 nitrogen and oxygen atoms in total. The van der Waals surface area contributed by atoms with Gasteiger partial charge in [0, 0.05) is 6.04 Å². The highest BCUT2D eigenvalue weighted by Gasteiger charge is 2.12. The largest absolute Gasteiger partial charge is 0.350 e. The lowest BCUT2D eigenvalue weighted by Gasteiger charge is -2.08. The number of hydrogen-bond donors (Lipinski definition) is 1. The van der Waals surface area contributed by atoms with Gasteiger partial charge < -0.3 is 5.32 Å². The molecule has 0 bridgehead atoms. The second-order valence-electron chi connectivity index (χ2n) is 3.87. The lowest BCUT2D eigenvalue weighted by Crippen LogP contribution is -2.15. The fourth-order valence-corrected chi connectivity index (χ4v) is 1.84. The zero-order valence-corrected chi connectivity index (χ0v) is 8.60. The van der Waals surface area contributed by atoms with E-state index in [2.05, 4.69) is 27.6 Å². The van der Waals surface area contributed by atoms with Crippen LogP contribution < -0.4 is 5.32 Å². The molecular formula is C11H11FN4. The number of rotatable bonds is 2. The molecular weight excluding hydrogens is 207 g/mol. The Bertz CT molecular complexity index is 538. The maximum Gasteiger partial charge on any atom is 0.243 e. The predicted octanol–water partition coefficient (Wildman–Crippen LogP) is 2.00. The summed E-state index contributed by atoms with van der Waals surface area (Å²) in [6, 6.07) is 3.35. The van der Waals surface area contributed by atoms with Crippen molar-refractivity contribution in [3.05, 3.63) is 36.3 Å². The molecule has 0 aliphatic heterocycles. The van der Waals surface area contributed by atoms with Crippen LogP contribution in [0.25, 0.3) is 5.65 Å². The van der Waals surface area contributed by atoms with Crippen LogP contribution in [0.15, 0.2) is 30.5 Å². The molecule has 0 unspecified atom stereocenters. The molecule has 1 N–H and O–H groups in total. The maximum atomic E-state index is 12.9. The van der Waals surface area contributed by atoms with Gasteiger partial charge in [-0.1, -0.05) is 12.2 Å². The monoisotopic (exact) mass is 218 g/mol. The van der Waals surface area contributed by atoms with Gasteiger partial charge in [-0.25, -0.2) is 8.91 Å². The molecule has 0 fully saturated rings. The minimum Gasteiger partial charge on any atom is -0.350 e. The summed E-state index contributed by atoms with van der Waals surface area (Å²) in [6.45, 7) is 0. The number of halogens is 1. The molecule has 0 atom stereocenters. The van der Waals surface area contributed by atoms with E-state index in [1.807, 2.05) is 0 Å². The first kappa shape index (κ1) is 9.33. The second-order valence-corrected chi connectivity index (χ2v) is 3.87. The highest BCUT2D eigenvalue weighted by molar-refractivity contribution is 5.43. The first-order chi connectivity index (χ1) is 7.81. The van der Waals surface area contributed by atoms with Crippen molar-refractivity contribution >= 4 is 11.6 Å². The van der Waals surface area contributed by atoms with Gasteiger partial charge in [-0.05, 0) is 25.0 Å². The van der Waals surface area contributed by atoms with E-state index in [4.69, 9.17) is 0 Å². The van der Waals surface area contributed by atoms with E-state index in [1.165, 1.54) is 16.8 Å². The first-order valence-electron chi connectivity index (χ1n) is 5.25. The van der Waals surface area contributed by atoms with Crippen LogP contribution in [0.5, 0.6) is 0 Å². The van der Waals surface area contributed by atoms with Gasteiger partial charge in [-0.2, -0.15) is 4.98 Å². The van der Waals surface area contributed by atoms with Crippen LogP contribution in [-0.2, 0) is 0 Å². The van der Waals surface area contributed by atoms with Crippen molar-refractivity contribution in [2.75, 3.05) is 5.32 Å². The predicted molar refractivity (Wildman–Crippen MR) is 58.7 cm³/mol. The Morgan fingerprint density at radius 2 is 2.12 bits per heavy atom. The molecule has 1 aliphatic rings. The summed E-state index contributed by atoms with van der Waals surface area (Å²) < 4.78 is 14.4. The molecule has 2 aromatic heterocycles. The summed E-state index contributed by atoms with van der Waals surface area (Å²) in [5, 5.41) is 7.39. The fraction of sp³-hybridized carbons (Fsp3) is 0.273. The summed E-state index contributed by atoms with van der Waals surface area (Å²) in [7, 11) is 0. The summed E-state index contributed by atoms with van der Waals surface area (Å²) in [5.74, 6) is 0.241.